The molecule has 0 radical (unpaired) electrons. The molecule has 1 heterocycles. The summed E-state index contributed by atoms with van der Waals surface area (Å²) in [5, 5.41) is 2.99. The maximum Gasteiger partial charge on any atom is 0.270 e. The van der Waals surface area contributed by atoms with Crippen molar-refractivity contribution >= 4 is 5.91 Å². The molecule has 2 aromatic carbocycles. The molecular weight excluding hydrogens is 418 g/mol. The zero-order chi connectivity index (χ0) is 24.3. The Hall–Kier alpha value is -3.40. The molecule has 0 fully saturated rings. The Morgan fingerprint density at radius 2 is 1.65 bits per heavy atom. The van der Waals surface area contributed by atoms with Crippen molar-refractivity contribution < 1.29 is 4.79 Å². The first-order chi connectivity index (χ1) is 16.5. The molecule has 0 aliphatic carbocycles. The molecular formula is C30H37N3O. The summed E-state index contributed by atoms with van der Waals surface area (Å²) in [6.45, 7) is 9.06. The molecule has 0 aliphatic heterocycles. The Labute approximate surface area is 204 Å². The van der Waals surface area contributed by atoms with Crippen LogP contribution in [0.3, 0.4) is 0 Å². The lowest BCUT2D eigenvalue weighted by Crippen LogP contribution is -2.25. The van der Waals surface area contributed by atoms with Crippen LogP contribution in [0.1, 0.15) is 69.4 Å². The number of aromatic nitrogens is 2. The first kappa shape index (κ1) is 25.2. The second kappa shape index (κ2) is 12.7. The monoisotopic (exact) mass is 455 g/mol. The number of rotatable bonds is 11. The number of amides is 1. The number of carbonyl (C=O) groups is 1. The van der Waals surface area contributed by atoms with Gasteiger partial charge in [0.2, 0.25) is 0 Å². The molecule has 1 amide bonds. The van der Waals surface area contributed by atoms with E-state index in [1.54, 1.807) is 12.5 Å². The van der Waals surface area contributed by atoms with Crippen molar-refractivity contribution in [2.45, 2.75) is 59.8 Å². The van der Waals surface area contributed by atoms with Gasteiger partial charge in [-0.3, -0.25) is 9.36 Å². The summed E-state index contributed by atoms with van der Waals surface area (Å²) in [5.41, 5.74) is 7.80. The highest BCUT2D eigenvalue weighted by Gasteiger charge is 2.12. The number of hydrogen-bond acceptors (Lipinski definition) is 2. The normalized spacial score (nSPS) is 11.4. The van der Waals surface area contributed by atoms with Gasteiger partial charge in [0.25, 0.3) is 5.91 Å². The third kappa shape index (κ3) is 7.31. The third-order valence-corrected chi connectivity index (χ3v) is 5.93. The number of imidazole rings is 1. The van der Waals surface area contributed by atoms with Crippen molar-refractivity contribution in [2.24, 2.45) is 0 Å². The number of nitrogens with one attached hydrogen (secondary N) is 1. The van der Waals surface area contributed by atoms with E-state index in [4.69, 9.17) is 0 Å². The molecule has 0 unspecified atom stereocenters. The molecule has 0 aliphatic rings. The number of nitrogens with zero attached hydrogens (tertiary/aromatic N) is 2. The average Bonchev–Trinajstić information content (AvgIpc) is 3.33. The Balaban J connectivity index is 1.62. The highest BCUT2D eigenvalue weighted by atomic mass is 16.1. The number of benzene rings is 2. The molecule has 0 spiro atoms. The Morgan fingerprint density at radius 1 is 0.971 bits per heavy atom. The van der Waals surface area contributed by atoms with Crippen LogP contribution in [-0.4, -0.2) is 22.0 Å². The van der Waals surface area contributed by atoms with E-state index in [2.05, 4.69) is 86.5 Å². The second-order valence-corrected chi connectivity index (χ2v) is 9.08. The Bertz CT molecular complexity index is 1110. The highest BCUT2D eigenvalue weighted by Crippen LogP contribution is 2.23. The van der Waals surface area contributed by atoms with E-state index in [1.807, 2.05) is 16.7 Å². The zero-order valence-corrected chi connectivity index (χ0v) is 21.0. The lowest BCUT2D eigenvalue weighted by Gasteiger charge is -2.10. The van der Waals surface area contributed by atoms with E-state index in [0.29, 0.717) is 12.2 Å². The standard InChI is InChI=1S/C30H37N3O/c1-5-6-10-25-11-13-26(14-12-25)27-15-17-28(18-16-27)33-22-31-21-29(33)30(34)32-20-19-24(4)9-7-8-23(2)3/h8,11-19,21-22H,5-7,9-10,20H2,1-4H3,(H,32,34). The number of aryl methyl sites for hydroxylation is 1. The van der Waals surface area contributed by atoms with E-state index >= 15 is 0 Å². The Kier molecular flexibility index (Phi) is 9.45. The summed E-state index contributed by atoms with van der Waals surface area (Å²) in [4.78, 5) is 17.0. The second-order valence-electron chi connectivity index (χ2n) is 9.08. The maximum atomic E-state index is 12.8. The van der Waals surface area contributed by atoms with Gasteiger partial charge in [0, 0.05) is 12.2 Å². The summed E-state index contributed by atoms with van der Waals surface area (Å²) in [7, 11) is 0. The van der Waals surface area contributed by atoms with Gasteiger partial charge in [0.1, 0.15) is 5.69 Å². The minimum Gasteiger partial charge on any atom is -0.347 e. The van der Waals surface area contributed by atoms with Crippen LogP contribution in [0, 0.1) is 0 Å². The minimum absolute atomic E-state index is 0.127. The molecule has 1 aromatic heterocycles. The molecule has 0 atom stereocenters. The van der Waals surface area contributed by atoms with E-state index < -0.39 is 0 Å². The van der Waals surface area contributed by atoms with Gasteiger partial charge in [-0.05, 0) is 75.3 Å². The van der Waals surface area contributed by atoms with Crippen molar-refractivity contribution in [3.8, 4) is 16.8 Å². The first-order valence-electron chi connectivity index (χ1n) is 12.3. The van der Waals surface area contributed by atoms with Crippen LogP contribution in [0.5, 0.6) is 0 Å². The fourth-order valence-electron chi connectivity index (χ4n) is 3.83. The number of allylic oxidation sites excluding steroid dienone is 3. The third-order valence-electron chi connectivity index (χ3n) is 5.93. The molecule has 34 heavy (non-hydrogen) atoms. The van der Waals surface area contributed by atoms with Crippen LogP contribution < -0.4 is 5.32 Å². The molecule has 178 valence electrons. The topological polar surface area (TPSA) is 46.9 Å². The van der Waals surface area contributed by atoms with Crippen LogP contribution >= 0.6 is 0 Å². The molecule has 1 N–H and O–H groups in total. The maximum absolute atomic E-state index is 12.8. The van der Waals surface area contributed by atoms with E-state index in [-0.39, 0.29) is 5.91 Å². The smallest absolute Gasteiger partial charge is 0.270 e. The number of hydrogen-bond donors (Lipinski definition) is 1. The zero-order valence-electron chi connectivity index (χ0n) is 21.0. The summed E-state index contributed by atoms with van der Waals surface area (Å²) >= 11 is 0. The number of carbonyl (C=O) groups excluding carboxylic acids is 1. The molecule has 0 saturated carbocycles. The summed E-state index contributed by atoms with van der Waals surface area (Å²) in [6.07, 6.45) is 13.2. The van der Waals surface area contributed by atoms with Crippen LogP contribution in [0.15, 0.2) is 84.4 Å². The molecule has 0 bridgehead atoms. The quantitative estimate of drug-likeness (QED) is 0.308. The Morgan fingerprint density at radius 3 is 2.29 bits per heavy atom. The van der Waals surface area contributed by atoms with Gasteiger partial charge < -0.3 is 5.32 Å². The largest absolute Gasteiger partial charge is 0.347 e. The molecule has 3 aromatic rings. The lowest BCUT2D eigenvalue weighted by molar-refractivity contribution is 0.0951. The number of unbranched alkanes of at least 4 members (excludes halogenated alkanes) is 1. The predicted octanol–water partition coefficient (Wildman–Crippen LogP) is 7.30. The van der Waals surface area contributed by atoms with Gasteiger partial charge in [0.15, 0.2) is 0 Å². The van der Waals surface area contributed by atoms with Gasteiger partial charge >= 0.3 is 0 Å². The van der Waals surface area contributed by atoms with Crippen LogP contribution in [0.2, 0.25) is 0 Å². The fourth-order valence-corrected chi connectivity index (χ4v) is 3.83. The van der Waals surface area contributed by atoms with Gasteiger partial charge in [-0.15, -0.1) is 0 Å². The SMILES string of the molecule is CCCCc1ccc(-c2ccc(-n3cncc3C(=O)NCC=C(C)CCC=C(C)C)cc2)cc1. The average molecular weight is 456 g/mol. The summed E-state index contributed by atoms with van der Waals surface area (Å²) in [6, 6.07) is 17.1. The van der Waals surface area contributed by atoms with Crippen molar-refractivity contribution in [1.82, 2.24) is 14.9 Å². The molecule has 3 rings (SSSR count). The van der Waals surface area contributed by atoms with Crippen molar-refractivity contribution in [3.63, 3.8) is 0 Å². The van der Waals surface area contributed by atoms with Gasteiger partial charge in [0.05, 0.1) is 12.5 Å². The fraction of sp³-hybridized carbons (Fsp3) is 0.333. The van der Waals surface area contributed by atoms with E-state index in [0.717, 1.165) is 30.5 Å². The molecule has 4 heteroatoms. The van der Waals surface area contributed by atoms with Crippen LogP contribution in [0.25, 0.3) is 16.8 Å². The van der Waals surface area contributed by atoms with Crippen molar-refractivity contribution in [2.75, 3.05) is 6.54 Å². The van der Waals surface area contributed by atoms with Crippen molar-refractivity contribution in [3.05, 3.63) is 95.6 Å². The van der Waals surface area contributed by atoms with Gasteiger partial charge in [-0.25, -0.2) is 4.98 Å². The van der Waals surface area contributed by atoms with Gasteiger partial charge in [-0.2, -0.15) is 0 Å². The van der Waals surface area contributed by atoms with Crippen LogP contribution in [0.4, 0.5) is 0 Å². The highest BCUT2D eigenvalue weighted by molar-refractivity contribution is 5.93. The molecule has 4 nitrogen and oxygen atoms in total. The van der Waals surface area contributed by atoms with Gasteiger partial charge in [-0.1, -0.05) is 73.0 Å². The minimum atomic E-state index is -0.127. The molecule has 0 saturated heterocycles. The predicted molar refractivity (Wildman–Crippen MR) is 142 cm³/mol. The van der Waals surface area contributed by atoms with Crippen molar-refractivity contribution in [1.29, 1.82) is 0 Å². The first-order valence-corrected chi connectivity index (χ1v) is 12.3. The lowest BCUT2D eigenvalue weighted by atomic mass is 10.0. The summed E-state index contributed by atoms with van der Waals surface area (Å²) in [5.74, 6) is -0.127. The van der Waals surface area contributed by atoms with Crippen LogP contribution in [-0.2, 0) is 6.42 Å². The van der Waals surface area contributed by atoms with E-state index in [1.165, 1.54) is 35.1 Å². The van der Waals surface area contributed by atoms with E-state index in [9.17, 15) is 4.79 Å². The summed E-state index contributed by atoms with van der Waals surface area (Å²) < 4.78 is 1.83.